The van der Waals surface area contributed by atoms with Gasteiger partial charge in [-0.25, -0.2) is 8.42 Å². The molecule has 102 valence electrons. The highest BCUT2D eigenvalue weighted by Gasteiger charge is 2.26. The SMILES string of the molecule is CCOC(=O)CN(CC)S(=O)(=O)c1ccn(C)c1. The minimum absolute atomic E-state index is 0.177. The molecule has 0 aromatic carbocycles. The van der Waals surface area contributed by atoms with Gasteiger partial charge in [0.25, 0.3) is 0 Å². The molecule has 1 aromatic heterocycles. The lowest BCUT2D eigenvalue weighted by molar-refractivity contribution is -0.143. The minimum Gasteiger partial charge on any atom is -0.465 e. The Bertz CT molecular complexity index is 507. The number of hydrogen-bond donors (Lipinski definition) is 0. The van der Waals surface area contributed by atoms with E-state index in [2.05, 4.69) is 0 Å². The summed E-state index contributed by atoms with van der Waals surface area (Å²) >= 11 is 0. The van der Waals surface area contributed by atoms with Gasteiger partial charge in [0.05, 0.1) is 11.5 Å². The molecule has 0 saturated carbocycles. The van der Waals surface area contributed by atoms with Crippen molar-refractivity contribution in [1.82, 2.24) is 8.87 Å². The molecule has 1 rings (SSSR count). The van der Waals surface area contributed by atoms with Crippen LogP contribution in [0.1, 0.15) is 13.8 Å². The molecule has 0 amide bonds. The number of aromatic nitrogens is 1. The van der Waals surface area contributed by atoms with Crippen molar-refractivity contribution in [3.63, 3.8) is 0 Å². The standard InChI is InChI=1S/C11H18N2O4S/c1-4-13(9-11(14)17-5-2)18(15,16)10-6-7-12(3)8-10/h6-8H,4-5,9H2,1-3H3. The molecule has 0 atom stereocenters. The maximum absolute atomic E-state index is 12.2. The molecule has 18 heavy (non-hydrogen) atoms. The topological polar surface area (TPSA) is 68.6 Å². The Balaban J connectivity index is 2.90. The number of sulfonamides is 1. The van der Waals surface area contributed by atoms with Gasteiger partial charge in [-0.15, -0.1) is 0 Å². The summed E-state index contributed by atoms with van der Waals surface area (Å²) in [6, 6.07) is 1.50. The molecule has 0 aliphatic heterocycles. The molecule has 0 aliphatic carbocycles. The van der Waals surface area contributed by atoms with Gasteiger partial charge in [-0.3, -0.25) is 4.79 Å². The lowest BCUT2D eigenvalue weighted by Gasteiger charge is -2.18. The zero-order valence-electron chi connectivity index (χ0n) is 10.8. The molecule has 0 bridgehead atoms. The second-order valence-electron chi connectivity index (χ2n) is 3.75. The summed E-state index contributed by atoms with van der Waals surface area (Å²) in [5.74, 6) is -0.543. The Labute approximate surface area is 107 Å². The van der Waals surface area contributed by atoms with Crippen LogP contribution in [0.2, 0.25) is 0 Å². The van der Waals surface area contributed by atoms with Gasteiger partial charge >= 0.3 is 5.97 Å². The number of carbonyl (C=O) groups is 1. The van der Waals surface area contributed by atoms with Crippen molar-refractivity contribution in [3.8, 4) is 0 Å². The first-order chi connectivity index (χ1) is 8.41. The van der Waals surface area contributed by atoms with Crippen LogP contribution in [0.15, 0.2) is 23.4 Å². The number of nitrogens with zero attached hydrogens (tertiary/aromatic N) is 2. The number of esters is 1. The number of hydrogen-bond acceptors (Lipinski definition) is 4. The van der Waals surface area contributed by atoms with E-state index in [1.807, 2.05) is 0 Å². The zero-order chi connectivity index (χ0) is 13.8. The summed E-state index contributed by atoms with van der Waals surface area (Å²) in [4.78, 5) is 11.5. The quantitative estimate of drug-likeness (QED) is 0.712. The van der Waals surface area contributed by atoms with Crippen molar-refractivity contribution < 1.29 is 17.9 Å². The van der Waals surface area contributed by atoms with Crippen LogP contribution < -0.4 is 0 Å². The first-order valence-corrected chi connectivity index (χ1v) is 7.13. The fourth-order valence-electron chi connectivity index (χ4n) is 1.50. The molecular weight excluding hydrogens is 256 g/mol. The van der Waals surface area contributed by atoms with Gasteiger partial charge in [-0.05, 0) is 13.0 Å². The largest absolute Gasteiger partial charge is 0.465 e. The lowest BCUT2D eigenvalue weighted by Crippen LogP contribution is -2.36. The van der Waals surface area contributed by atoms with Crippen molar-refractivity contribution in [3.05, 3.63) is 18.5 Å². The number of rotatable bonds is 6. The molecule has 7 heteroatoms. The van der Waals surface area contributed by atoms with Crippen LogP contribution in [-0.4, -0.2) is 43.0 Å². The molecule has 0 saturated heterocycles. The third kappa shape index (κ3) is 3.33. The highest BCUT2D eigenvalue weighted by molar-refractivity contribution is 7.89. The molecule has 0 unspecified atom stereocenters. The van der Waals surface area contributed by atoms with Gasteiger partial charge < -0.3 is 9.30 Å². The van der Waals surface area contributed by atoms with Crippen LogP contribution in [0.5, 0.6) is 0 Å². The lowest BCUT2D eigenvalue weighted by atomic mass is 10.6. The summed E-state index contributed by atoms with van der Waals surface area (Å²) in [6.45, 7) is 3.55. The van der Waals surface area contributed by atoms with Crippen molar-refractivity contribution >= 4 is 16.0 Å². The summed E-state index contributed by atoms with van der Waals surface area (Å²) in [7, 11) is -1.90. The molecule has 0 fully saturated rings. The Morgan fingerprint density at radius 1 is 1.44 bits per heavy atom. The number of carbonyl (C=O) groups excluding carboxylic acids is 1. The van der Waals surface area contributed by atoms with Crippen molar-refractivity contribution in [2.75, 3.05) is 19.7 Å². The van der Waals surface area contributed by atoms with Crippen molar-refractivity contribution in [2.24, 2.45) is 7.05 Å². The average Bonchev–Trinajstić information content (AvgIpc) is 2.73. The minimum atomic E-state index is -3.63. The van der Waals surface area contributed by atoms with Gasteiger partial charge in [0.2, 0.25) is 10.0 Å². The van der Waals surface area contributed by atoms with Crippen LogP contribution in [0, 0.1) is 0 Å². The maximum Gasteiger partial charge on any atom is 0.321 e. The molecule has 0 aliphatic rings. The Morgan fingerprint density at radius 2 is 2.11 bits per heavy atom. The molecule has 0 radical (unpaired) electrons. The summed E-state index contributed by atoms with van der Waals surface area (Å²) in [5.41, 5.74) is 0. The van der Waals surface area contributed by atoms with Crippen molar-refractivity contribution in [1.29, 1.82) is 0 Å². The van der Waals surface area contributed by atoms with E-state index in [0.29, 0.717) is 0 Å². The van der Waals surface area contributed by atoms with Gasteiger partial charge in [0.1, 0.15) is 6.54 Å². The molecule has 0 N–H and O–H groups in total. The van der Waals surface area contributed by atoms with Crippen LogP contribution in [-0.2, 0) is 26.6 Å². The maximum atomic E-state index is 12.2. The predicted molar refractivity (Wildman–Crippen MR) is 66.5 cm³/mol. The predicted octanol–water partition coefficient (Wildman–Crippen LogP) is 0.599. The molecule has 1 heterocycles. The highest BCUT2D eigenvalue weighted by atomic mass is 32.2. The van der Waals surface area contributed by atoms with E-state index in [9.17, 15) is 13.2 Å². The van der Waals surface area contributed by atoms with Crippen LogP contribution in [0.25, 0.3) is 0 Å². The van der Waals surface area contributed by atoms with Gasteiger partial charge in [-0.1, -0.05) is 6.92 Å². The van der Waals surface area contributed by atoms with E-state index in [4.69, 9.17) is 4.74 Å². The smallest absolute Gasteiger partial charge is 0.321 e. The normalized spacial score (nSPS) is 11.8. The summed E-state index contributed by atoms with van der Waals surface area (Å²) < 4.78 is 31.9. The summed E-state index contributed by atoms with van der Waals surface area (Å²) in [5, 5.41) is 0. The van der Waals surface area contributed by atoms with E-state index in [0.717, 1.165) is 4.31 Å². The van der Waals surface area contributed by atoms with Gasteiger partial charge in [-0.2, -0.15) is 4.31 Å². The van der Waals surface area contributed by atoms with Crippen molar-refractivity contribution in [2.45, 2.75) is 18.7 Å². The van der Waals surface area contributed by atoms with E-state index in [1.165, 1.54) is 12.3 Å². The third-order valence-corrected chi connectivity index (χ3v) is 4.31. The Morgan fingerprint density at radius 3 is 2.56 bits per heavy atom. The molecule has 6 nitrogen and oxygen atoms in total. The fraction of sp³-hybridized carbons (Fsp3) is 0.545. The summed E-state index contributed by atoms with van der Waals surface area (Å²) in [6.07, 6.45) is 3.15. The monoisotopic (exact) mass is 274 g/mol. The van der Waals surface area contributed by atoms with E-state index < -0.39 is 16.0 Å². The van der Waals surface area contributed by atoms with Gasteiger partial charge in [0, 0.05) is 26.0 Å². The van der Waals surface area contributed by atoms with Crippen LogP contribution in [0.3, 0.4) is 0 Å². The molecular formula is C11H18N2O4S. The molecule has 0 spiro atoms. The van der Waals surface area contributed by atoms with Crippen LogP contribution >= 0.6 is 0 Å². The number of likely N-dealkylation sites (N-methyl/N-ethyl adjacent to an activating group) is 1. The van der Waals surface area contributed by atoms with E-state index in [-0.39, 0.29) is 24.6 Å². The highest BCUT2D eigenvalue weighted by Crippen LogP contribution is 2.15. The number of ether oxygens (including phenoxy) is 1. The van der Waals surface area contributed by atoms with Crippen LogP contribution in [0.4, 0.5) is 0 Å². The second-order valence-corrected chi connectivity index (χ2v) is 5.69. The second kappa shape index (κ2) is 6.01. The first kappa shape index (κ1) is 14.7. The van der Waals surface area contributed by atoms with E-state index in [1.54, 1.807) is 31.7 Å². The Hall–Kier alpha value is -1.34. The van der Waals surface area contributed by atoms with E-state index >= 15 is 0 Å². The third-order valence-electron chi connectivity index (χ3n) is 2.41. The first-order valence-electron chi connectivity index (χ1n) is 5.69. The Kier molecular flexibility index (Phi) is 4.92. The van der Waals surface area contributed by atoms with Gasteiger partial charge in [0.15, 0.2) is 0 Å². The zero-order valence-corrected chi connectivity index (χ0v) is 11.6. The fourth-order valence-corrected chi connectivity index (χ4v) is 2.94. The molecule has 1 aromatic rings. The number of aryl methyl sites for hydroxylation is 1. The average molecular weight is 274 g/mol.